The molecular weight excluding hydrogens is 306 g/mol. The van der Waals surface area contributed by atoms with Crippen LogP contribution < -0.4 is 4.90 Å². The summed E-state index contributed by atoms with van der Waals surface area (Å²) in [7, 11) is -0.728. The highest BCUT2D eigenvalue weighted by Crippen LogP contribution is 2.35. The lowest BCUT2D eigenvalue weighted by atomic mass is 10.0. The molecule has 0 amide bonds. The molecule has 5 heteroatoms. The third kappa shape index (κ3) is 2.21. The molecular formula is C18H19N3OS. The second kappa shape index (κ2) is 5.13. The lowest BCUT2D eigenvalue weighted by Gasteiger charge is -2.31. The molecule has 118 valence electrons. The molecule has 1 unspecified atom stereocenters. The summed E-state index contributed by atoms with van der Waals surface area (Å²) in [6.45, 7) is 2.14. The zero-order valence-corrected chi connectivity index (χ0v) is 13.9. The molecule has 3 heterocycles. The van der Waals surface area contributed by atoms with Gasteiger partial charge >= 0.3 is 0 Å². The van der Waals surface area contributed by atoms with Gasteiger partial charge in [-0.05, 0) is 42.9 Å². The van der Waals surface area contributed by atoms with E-state index in [1.807, 2.05) is 0 Å². The van der Waals surface area contributed by atoms with Crippen molar-refractivity contribution < 1.29 is 4.21 Å². The first kappa shape index (κ1) is 13.7. The predicted molar refractivity (Wildman–Crippen MR) is 91.9 cm³/mol. The second-order valence-electron chi connectivity index (χ2n) is 6.70. The van der Waals surface area contributed by atoms with E-state index in [1.54, 1.807) is 0 Å². The van der Waals surface area contributed by atoms with Crippen LogP contribution in [0.25, 0.3) is 11.3 Å². The SMILES string of the molecule is O=S1Cc2ccc(-c3nc(N4CCC4)nc4c3CCC4)cc2C1. The third-order valence-corrected chi connectivity index (χ3v) is 6.44. The molecule has 4 nitrogen and oxygen atoms in total. The molecule has 2 aliphatic heterocycles. The third-order valence-electron chi connectivity index (χ3n) is 5.17. The number of fused-ring (bicyclic) bond motifs is 2. The van der Waals surface area contributed by atoms with Crippen molar-refractivity contribution in [1.29, 1.82) is 0 Å². The first-order chi connectivity index (χ1) is 11.3. The van der Waals surface area contributed by atoms with Crippen LogP contribution in [-0.4, -0.2) is 27.3 Å². The summed E-state index contributed by atoms with van der Waals surface area (Å²) >= 11 is 0. The van der Waals surface area contributed by atoms with Gasteiger partial charge in [0.25, 0.3) is 0 Å². The minimum atomic E-state index is -0.728. The van der Waals surface area contributed by atoms with Crippen LogP contribution in [0, 0.1) is 0 Å². The molecule has 3 aliphatic rings. The van der Waals surface area contributed by atoms with Gasteiger partial charge in [0.1, 0.15) is 0 Å². The molecule has 0 bridgehead atoms. The summed E-state index contributed by atoms with van der Waals surface area (Å²) in [6.07, 6.45) is 4.56. The molecule has 23 heavy (non-hydrogen) atoms. The van der Waals surface area contributed by atoms with E-state index in [9.17, 15) is 4.21 Å². The molecule has 0 radical (unpaired) electrons. The van der Waals surface area contributed by atoms with Gasteiger partial charge in [0.15, 0.2) is 0 Å². The molecule has 1 fully saturated rings. The molecule has 1 saturated heterocycles. The van der Waals surface area contributed by atoms with Crippen LogP contribution >= 0.6 is 0 Å². The van der Waals surface area contributed by atoms with Crippen LogP contribution in [0.4, 0.5) is 5.95 Å². The van der Waals surface area contributed by atoms with Gasteiger partial charge in [-0.2, -0.15) is 0 Å². The minimum absolute atomic E-state index is 0.690. The number of anilines is 1. The number of nitrogens with zero attached hydrogens (tertiary/aromatic N) is 3. The Balaban J connectivity index is 1.63. The maximum atomic E-state index is 11.8. The van der Waals surface area contributed by atoms with Gasteiger partial charge in [0.2, 0.25) is 5.95 Å². The van der Waals surface area contributed by atoms with Crippen molar-refractivity contribution in [3.05, 3.63) is 40.6 Å². The number of hydrogen-bond donors (Lipinski definition) is 0. The van der Waals surface area contributed by atoms with Crippen LogP contribution in [0.3, 0.4) is 0 Å². The van der Waals surface area contributed by atoms with Crippen molar-refractivity contribution in [2.24, 2.45) is 0 Å². The standard InChI is InChI=1S/C18H19N3OS/c22-23-10-13-6-5-12(9-14(13)11-23)17-15-3-1-4-16(15)19-18(20-17)21-7-2-8-21/h5-6,9H,1-4,7-8,10-11H2. The van der Waals surface area contributed by atoms with Gasteiger partial charge in [-0.3, -0.25) is 4.21 Å². The van der Waals surface area contributed by atoms with Gasteiger partial charge in [0.05, 0.1) is 5.69 Å². The largest absolute Gasteiger partial charge is 0.341 e. The molecule has 0 N–H and O–H groups in total. The zero-order chi connectivity index (χ0) is 15.4. The van der Waals surface area contributed by atoms with Crippen LogP contribution in [0.5, 0.6) is 0 Å². The quantitative estimate of drug-likeness (QED) is 0.851. The number of benzene rings is 1. The van der Waals surface area contributed by atoms with E-state index in [-0.39, 0.29) is 0 Å². The second-order valence-corrected chi connectivity index (χ2v) is 8.16. The van der Waals surface area contributed by atoms with E-state index in [0.717, 1.165) is 37.6 Å². The maximum absolute atomic E-state index is 11.8. The van der Waals surface area contributed by atoms with E-state index in [2.05, 4.69) is 23.1 Å². The normalized spacial score (nSPS) is 21.9. The summed E-state index contributed by atoms with van der Waals surface area (Å²) in [6, 6.07) is 6.51. The fourth-order valence-electron chi connectivity index (χ4n) is 3.76. The van der Waals surface area contributed by atoms with Gasteiger partial charge < -0.3 is 4.90 Å². The van der Waals surface area contributed by atoms with Gasteiger partial charge in [0, 0.05) is 52.2 Å². The highest BCUT2D eigenvalue weighted by atomic mass is 32.2. The number of rotatable bonds is 2. The predicted octanol–water partition coefficient (Wildman–Crippen LogP) is 2.60. The Labute approximate surface area is 138 Å². The van der Waals surface area contributed by atoms with E-state index in [4.69, 9.17) is 9.97 Å². The smallest absolute Gasteiger partial charge is 0.226 e. The fraction of sp³-hybridized carbons (Fsp3) is 0.444. The van der Waals surface area contributed by atoms with Gasteiger partial charge in [-0.15, -0.1) is 0 Å². The fourth-order valence-corrected chi connectivity index (χ4v) is 5.11. The van der Waals surface area contributed by atoms with Crippen LogP contribution in [0.2, 0.25) is 0 Å². The molecule has 1 aromatic heterocycles. The topological polar surface area (TPSA) is 46.1 Å². The summed E-state index contributed by atoms with van der Waals surface area (Å²) in [5.41, 5.74) is 7.31. The molecule has 0 spiro atoms. The van der Waals surface area contributed by atoms with Crippen molar-refractivity contribution in [3.8, 4) is 11.3 Å². The maximum Gasteiger partial charge on any atom is 0.226 e. The Kier molecular flexibility index (Phi) is 3.05. The van der Waals surface area contributed by atoms with E-state index < -0.39 is 10.8 Å². The van der Waals surface area contributed by atoms with Crippen molar-refractivity contribution >= 4 is 16.7 Å². The number of aromatic nitrogens is 2. The molecule has 1 aliphatic carbocycles. The van der Waals surface area contributed by atoms with Crippen molar-refractivity contribution in [3.63, 3.8) is 0 Å². The Hall–Kier alpha value is -1.75. The lowest BCUT2D eigenvalue weighted by Crippen LogP contribution is -2.38. The van der Waals surface area contributed by atoms with E-state index in [1.165, 1.54) is 40.8 Å². The highest BCUT2D eigenvalue weighted by Gasteiger charge is 2.25. The zero-order valence-electron chi connectivity index (χ0n) is 13.0. The average Bonchev–Trinajstić information content (AvgIpc) is 3.08. The Bertz CT molecular complexity index is 829. The lowest BCUT2D eigenvalue weighted by molar-refractivity contribution is 0.599. The van der Waals surface area contributed by atoms with Gasteiger partial charge in [-0.25, -0.2) is 9.97 Å². The molecule has 2 aromatic rings. The van der Waals surface area contributed by atoms with Crippen LogP contribution in [-0.2, 0) is 35.1 Å². The molecule has 0 saturated carbocycles. The van der Waals surface area contributed by atoms with Crippen LogP contribution in [0.1, 0.15) is 35.2 Å². The van der Waals surface area contributed by atoms with Crippen LogP contribution in [0.15, 0.2) is 18.2 Å². The average molecular weight is 325 g/mol. The summed E-state index contributed by atoms with van der Waals surface area (Å²) in [5.74, 6) is 2.29. The number of aryl methyl sites for hydroxylation is 1. The Morgan fingerprint density at radius 2 is 1.87 bits per heavy atom. The molecule has 5 rings (SSSR count). The summed E-state index contributed by atoms with van der Waals surface area (Å²) < 4.78 is 11.8. The summed E-state index contributed by atoms with van der Waals surface area (Å²) in [4.78, 5) is 12.0. The monoisotopic (exact) mass is 325 g/mol. The highest BCUT2D eigenvalue weighted by molar-refractivity contribution is 7.83. The van der Waals surface area contributed by atoms with E-state index >= 15 is 0 Å². The minimum Gasteiger partial charge on any atom is -0.341 e. The Morgan fingerprint density at radius 1 is 1.00 bits per heavy atom. The molecule has 1 aromatic carbocycles. The Morgan fingerprint density at radius 3 is 2.70 bits per heavy atom. The van der Waals surface area contributed by atoms with Crippen molar-refractivity contribution in [1.82, 2.24) is 9.97 Å². The summed E-state index contributed by atoms with van der Waals surface area (Å²) in [5, 5.41) is 0. The first-order valence-electron chi connectivity index (χ1n) is 8.40. The van der Waals surface area contributed by atoms with Gasteiger partial charge in [-0.1, -0.05) is 12.1 Å². The van der Waals surface area contributed by atoms with E-state index in [0.29, 0.717) is 11.5 Å². The molecule has 1 atom stereocenters. The van der Waals surface area contributed by atoms with Crippen molar-refractivity contribution in [2.45, 2.75) is 37.2 Å². The first-order valence-corrected chi connectivity index (χ1v) is 9.88. The van der Waals surface area contributed by atoms with Crippen molar-refractivity contribution in [2.75, 3.05) is 18.0 Å². The number of hydrogen-bond acceptors (Lipinski definition) is 4.